The summed E-state index contributed by atoms with van der Waals surface area (Å²) < 4.78 is 0. The number of carbonyl (C=O) groups excluding carboxylic acids is 1. The van der Waals surface area contributed by atoms with Crippen LogP contribution in [0.25, 0.3) is 0 Å². The first-order valence-electron chi connectivity index (χ1n) is 6.17. The summed E-state index contributed by atoms with van der Waals surface area (Å²) >= 11 is 5.96. The number of hydrogen-bond acceptors (Lipinski definition) is 2. The predicted octanol–water partition coefficient (Wildman–Crippen LogP) is 3.35. The first-order valence-corrected chi connectivity index (χ1v) is 6.54. The Balaban J connectivity index is 2.06. The van der Waals surface area contributed by atoms with Crippen LogP contribution in [0.15, 0.2) is 18.2 Å². The average Bonchev–Trinajstić information content (AvgIpc) is 2.61. The highest BCUT2D eigenvalue weighted by Gasteiger charge is 2.32. The molecule has 1 saturated carbocycles. The van der Waals surface area contributed by atoms with E-state index >= 15 is 0 Å². The Bertz CT molecular complexity index is 471. The van der Waals surface area contributed by atoms with Crippen LogP contribution in [0.2, 0.25) is 5.02 Å². The molecule has 1 fully saturated rings. The lowest BCUT2D eigenvalue weighted by Gasteiger charge is -2.18. The van der Waals surface area contributed by atoms with Crippen molar-refractivity contribution in [2.45, 2.75) is 39.2 Å². The SMILES string of the molecule is CC1(C)CCC(NC(=O)c2cc(O)ccc2Cl)C1. The number of rotatable bonds is 2. The molecule has 98 valence electrons. The number of aromatic hydroxyl groups is 1. The second-order valence-corrected chi connectivity index (χ2v) is 6.15. The molecule has 0 bridgehead atoms. The Morgan fingerprint density at radius 3 is 2.83 bits per heavy atom. The summed E-state index contributed by atoms with van der Waals surface area (Å²) in [6.45, 7) is 4.42. The van der Waals surface area contributed by atoms with E-state index in [0.717, 1.165) is 19.3 Å². The molecule has 0 spiro atoms. The van der Waals surface area contributed by atoms with Gasteiger partial charge in [0.25, 0.3) is 5.91 Å². The van der Waals surface area contributed by atoms with Crippen LogP contribution in [-0.4, -0.2) is 17.1 Å². The third kappa shape index (κ3) is 2.96. The van der Waals surface area contributed by atoms with Gasteiger partial charge in [-0.05, 0) is 42.9 Å². The Hall–Kier alpha value is -1.22. The molecule has 1 unspecified atom stereocenters. The molecule has 1 amide bonds. The van der Waals surface area contributed by atoms with Gasteiger partial charge in [0, 0.05) is 6.04 Å². The highest BCUT2D eigenvalue weighted by Crippen LogP contribution is 2.37. The zero-order chi connectivity index (χ0) is 13.3. The van der Waals surface area contributed by atoms with Gasteiger partial charge in [0.1, 0.15) is 5.75 Å². The quantitative estimate of drug-likeness (QED) is 0.863. The summed E-state index contributed by atoms with van der Waals surface area (Å²) in [4.78, 5) is 12.1. The molecule has 3 nitrogen and oxygen atoms in total. The lowest BCUT2D eigenvalue weighted by atomic mass is 9.92. The molecule has 2 rings (SSSR count). The van der Waals surface area contributed by atoms with E-state index in [4.69, 9.17) is 11.6 Å². The summed E-state index contributed by atoms with van der Waals surface area (Å²) in [5.74, 6) is -0.157. The first-order chi connectivity index (χ1) is 8.37. The number of phenols is 1. The molecule has 1 aliphatic carbocycles. The van der Waals surface area contributed by atoms with Crippen LogP contribution in [0.4, 0.5) is 0 Å². The molecule has 0 aromatic heterocycles. The number of amides is 1. The molecule has 2 N–H and O–H groups in total. The highest BCUT2D eigenvalue weighted by molar-refractivity contribution is 6.33. The fourth-order valence-electron chi connectivity index (χ4n) is 2.51. The van der Waals surface area contributed by atoms with Crippen LogP contribution in [0.3, 0.4) is 0 Å². The van der Waals surface area contributed by atoms with Crippen LogP contribution in [0.5, 0.6) is 5.75 Å². The lowest BCUT2D eigenvalue weighted by Crippen LogP contribution is -2.33. The number of carbonyl (C=O) groups is 1. The van der Waals surface area contributed by atoms with Gasteiger partial charge < -0.3 is 10.4 Å². The standard InChI is InChI=1S/C14H18ClNO2/c1-14(2)6-5-9(8-14)16-13(18)11-7-10(17)3-4-12(11)15/h3-4,7,9,17H,5-6,8H2,1-2H3,(H,16,18). The van der Waals surface area contributed by atoms with E-state index in [9.17, 15) is 9.90 Å². The van der Waals surface area contributed by atoms with Gasteiger partial charge in [0.2, 0.25) is 0 Å². The van der Waals surface area contributed by atoms with Crippen molar-refractivity contribution in [3.8, 4) is 5.75 Å². The molecule has 0 radical (unpaired) electrons. The molecule has 1 aromatic carbocycles. The van der Waals surface area contributed by atoms with Gasteiger partial charge in [-0.2, -0.15) is 0 Å². The van der Waals surface area contributed by atoms with Gasteiger partial charge in [0.15, 0.2) is 0 Å². The van der Waals surface area contributed by atoms with Crippen LogP contribution in [-0.2, 0) is 0 Å². The van der Waals surface area contributed by atoms with Crippen molar-refractivity contribution in [2.24, 2.45) is 5.41 Å². The number of benzene rings is 1. The first kappa shape index (κ1) is 13.2. The van der Waals surface area contributed by atoms with Crippen molar-refractivity contribution in [2.75, 3.05) is 0 Å². The van der Waals surface area contributed by atoms with Crippen LogP contribution < -0.4 is 5.32 Å². The summed E-state index contributed by atoms with van der Waals surface area (Å²) in [5.41, 5.74) is 0.627. The summed E-state index contributed by atoms with van der Waals surface area (Å²) in [5, 5.41) is 12.7. The topological polar surface area (TPSA) is 49.3 Å². The van der Waals surface area contributed by atoms with E-state index in [1.54, 1.807) is 0 Å². The summed E-state index contributed by atoms with van der Waals surface area (Å²) in [7, 11) is 0. The molecule has 4 heteroatoms. The Kier molecular flexibility index (Phi) is 3.53. The third-order valence-electron chi connectivity index (χ3n) is 3.50. The van der Waals surface area contributed by atoms with E-state index in [1.807, 2.05) is 0 Å². The van der Waals surface area contributed by atoms with E-state index < -0.39 is 0 Å². The maximum absolute atomic E-state index is 12.1. The van der Waals surface area contributed by atoms with Crippen molar-refractivity contribution in [3.63, 3.8) is 0 Å². The minimum atomic E-state index is -0.210. The largest absolute Gasteiger partial charge is 0.508 e. The maximum Gasteiger partial charge on any atom is 0.253 e. The fourth-order valence-corrected chi connectivity index (χ4v) is 2.71. The second kappa shape index (κ2) is 4.81. The molecule has 0 aliphatic heterocycles. The fraction of sp³-hybridized carbons (Fsp3) is 0.500. The zero-order valence-corrected chi connectivity index (χ0v) is 11.4. The van der Waals surface area contributed by atoms with E-state index in [0.29, 0.717) is 16.0 Å². The highest BCUT2D eigenvalue weighted by atomic mass is 35.5. The minimum Gasteiger partial charge on any atom is -0.508 e. The van der Waals surface area contributed by atoms with Crippen molar-refractivity contribution in [3.05, 3.63) is 28.8 Å². The Labute approximate surface area is 112 Å². The van der Waals surface area contributed by atoms with Gasteiger partial charge >= 0.3 is 0 Å². The molecule has 1 aliphatic rings. The van der Waals surface area contributed by atoms with Crippen molar-refractivity contribution in [1.29, 1.82) is 0 Å². The normalized spacial score (nSPS) is 21.8. The molecule has 0 heterocycles. The predicted molar refractivity (Wildman–Crippen MR) is 72.0 cm³/mol. The molecule has 18 heavy (non-hydrogen) atoms. The minimum absolute atomic E-state index is 0.0521. The van der Waals surface area contributed by atoms with E-state index in [-0.39, 0.29) is 17.7 Å². The third-order valence-corrected chi connectivity index (χ3v) is 3.83. The van der Waals surface area contributed by atoms with Gasteiger partial charge in [0.05, 0.1) is 10.6 Å². The van der Waals surface area contributed by atoms with Crippen LogP contribution in [0, 0.1) is 5.41 Å². The average molecular weight is 268 g/mol. The number of halogens is 1. The van der Waals surface area contributed by atoms with Crippen molar-refractivity contribution in [1.82, 2.24) is 5.32 Å². The number of phenolic OH excluding ortho intramolecular Hbond substituents is 1. The summed E-state index contributed by atoms with van der Waals surface area (Å²) in [6, 6.07) is 4.60. The Morgan fingerprint density at radius 2 is 2.22 bits per heavy atom. The van der Waals surface area contributed by atoms with Crippen molar-refractivity contribution >= 4 is 17.5 Å². The molecular weight excluding hydrogens is 250 g/mol. The maximum atomic E-state index is 12.1. The number of hydrogen-bond donors (Lipinski definition) is 2. The van der Waals surface area contributed by atoms with Crippen LogP contribution >= 0.6 is 11.6 Å². The second-order valence-electron chi connectivity index (χ2n) is 5.74. The monoisotopic (exact) mass is 267 g/mol. The van der Waals surface area contributed by atoms with Gasteiger partial charge in [-0.25, -0.2) is 0 Å². The molecule has 0 saturated heterocycles. The van der Waals surface area contributed by atoms with Crippen molar-refractivity contribution < 1.29 is 9.90 Å². The molecule has 1 atom stereocenters. The van der Waals surface area contributed by atoms with Crippen LogP contribution in [0.1, 0.15) is 43.5 Å². The zero-order valence-electron chi connectivity index (χ0n) is 10.7. The summed E-state index contributed by atoms with van der Waals surface area (Å²) in [6.07, 6.45) is 3.09. The molecule has 1 aromatic rings. The molecular formula is C14H18ClNO2. The van der Waals surface area contributed by atoms with E-state index in [1.165, 1.54) is 18.2 Å². The van der Waals surface area contributed by atoms with Gasteiger partial charge in [-0.15, -0.1) is 0 Å². The lowest BCUT2D eigenvalue weighted by molar-refractivity contribution is 0.0936. The Morgan fingerprint density at radius 1 is 1.50 bits per heavy atom. The van der Waals surface area contributed by atoms with E-state index in [2.05, 4.69) is 19.2 Å². The smallest absolute Gasteiger partial charge is 0.253 e. The van der Waals surface area contributed by atoms with Gasteiger partial charge in [-0.1, -0.05) is 25.4 Å². The number of nitrogens with one attached hydrogen (secondary N) is 1. The van der Waals surface area contributed by atoms with Gasteiger partial charge in [-0.3, -0.25) is 4.79 Å².